The van der Waals surface area contributed by atoms with Gasteiger partial charge in [-0.3, -0.25) is 0 Å². The Kier molecular flexibility index (Phi) is 152. The zero-order valence-corrected chi connectivity index (χ0v) is 17.8. The molecule has 0 N–H and O–H groups in total. The molecule has 0 heterocycles. The number of hydrogen-bond donors (Lipinski definition) is 0. The van der Waals surface area contributed by atoms with Gasteiger partial charge in [0.05, 0.1) is 20.3 Å². The van der Waals surface area contributed by atoms with Crippen molar-refractivity contribution in [2.45, 2.75) is 13.8 Å². The van der Waals surface area contributed by atoms with E-state index in [-0.39, 0.29) is 49.7 Å². The van der Waals surface area contributed by atoms with Gasteiger partial charge in [-0.2, -0.15) is 30.7 Å². The minimum absolute atomic E-state index is 0. The average molecular weight is 506 g/mol. The van der Waals surface area contributed by atoms with E-state index in [2.05, 4.69) is 30.7 Å². The molecule has 0 bridgehead atoms. The van der Waals surface area contributed by atoms with Gasteiger partial charge in [0.25, 0.3) is 0 Å². The number of azo groups is 3. The Morgan fingerprint density at radius 1 is 0.529 bits per heavy atom. The molecule has 0 fully saturated rings. The largest absolute Gasteiger partial charge is 0.198 e. The zero-order chi connectivity index (χ0) is 12.9. The fraction of sp³-hybridized carbons (Fsp3) is 0.889. The third-order valence-corrected chi connectivity index (χ3v) is 0.600. The molecule has 0 aliphatic carbocycles. The Bertz CT molecular complexity index is 106. The second kappa shape index (κ2) is 71.6. The molecule has 6 nitrogen and oxygen atoms in total. The Hall–Kier alpha value is 0.306. The SMILES string of the molecule is CN=NC.CN=NC.CN=NC.C[CH+]C.[U].[V]. The van der Waals surface area contributed by atoms with Crippen LogP contribution in [0.3, 0.4) is 0 Å². The summed E-state index contributed by atoms with van der Waals surface area (Å²) >= 11 is 0. The molecule has 0 aromatic rings. The van der Waals surface area contributed by atoms with Gasteiger partial charge >= 0.3 is 0 Å². The van der Waals surface area contributed by atoms with Gasteiger partial charge in [-0.25, -0.2) is 0 Å². The summed E-state index contributed by atoms with van der Waals surface area (Å²) in [6, 6.07) is 0. The molecule has 1 radical (unpaired) electrons. The van der Waals surface area contributed by atoms with Crippen molar-refractivity contribution in [3.05, 3.63) is 6.42 Å². The fourth-order valence-corrected chi connectivity index (χ4v) is 0. The second-order valence-electron chi connectivity index (χ2n) is 1.78. The molecule has 0 amide bonds. The molecule has 0 atom stereocenters. The standard InChI is InChI=1S/C3H7.3C2H6N2.U.V/c1-3-2;3*1-3-4-2;;/h3H,1-2H3;3*1-2H3;;/q+1;;;;;. The molecule has 0 spiro atoms. The molecule has 0 saturated heterocycles. The van der Waals surface area contributed by atoms with Crippen LogP contribution in [0.1, 0.15) is 13.8 Å². The van der Waals surface area contributed by atoms with E-state index in [0.29, 0.717) is 0 Å². The molecule has 0 saturated carbocycles. The molecular weight excluding hydrogens is 481 g/mol. The number of nitrogens with zero attached hydrogens (tertiary/aromatic N) is 6. The van der Waals surface area contributed by atoms with Gasteiger partial charge in [0.1, 0.15) is 0 Å². The normalized spacial score (nSPS) is 7.53. The van der Waals surface area contributed by atoms with Gasteiger partial charge < -0.3 is 0 Å². The van der Waals surface area contributed by atoms with Crippen LogP contribution >= 0.6 is 0 Å². The molecule has 8 heteroatoms. The molecule has 0 rings (SSSR count). The van der Waals surface area contributed by atoms with Crippen LogP contribution in [-0.2, 0) is 18.6 Å². The Balaban J connectivity index is -0.0000000230. The van der Waals surface area contributed by atoms with E-state index in [9.17, 15) is 0 Å². The minimum Gasteiger partial charge on any atom is -0.198 e. The van der Waals surface area contributed by atoms with Crippen molar-refractivity contribution in [1.82, 2.24) is 0 Å². The molecule has 0 unspecified atom stereocenters. The topological polar surface area (TPSA) is 74.2 Å². The summed E-state index contributed by atoms with van der Waals surface area (Å²) in [7, 11) is 9.83. The Morgan fingerprint density at radius 3 is 0.588 bits per heavy atom. The first-order chi connectivity index (χ1) is 7.16. The summed E-state index contributed by atoms with van der Waals surface area (Å²) < 4.78 is 0. The van der Waals surface area contributed by atoms with Gasteiger partial charge in [-0.05, 0) is 0 Å². The van der Waals surface area contributed by atoms with Crippen molar-refractivity contribution >= 4 is 0 Å². The third kappa shape index (κ3) is 305. The smallest absolute Gasteiger partial charge is 0.0768 e. The van der Waals surface area contributed by atoms with E-state index in [1.807, 2.05) is 20.3 Å². The van der Waals surface area contributed by atoms with E-state index in [1.165, 1.54) is 0 Å². The minimum atomic E-state index is 0. The second-order valence-corrected chi connectivity index (χ2v) is 1.78. The van der Waals surface area contributed by atoms with Crippen LogP contribution in [0.15, 0.2) is 30.7 Å². The molecule has 0 aliphatic heterocycles. The van der Waals surface area contributed by atoms with Gasteiger partial charge in [0.2, 0.25) is 0 Å². The predicted molar refractivity (Wildman–Crippen MR) is 65.8 cm³/mol. The maximum Gasteiger partial charge on any atom is 0.0768 e. The van der Waals surface area contributed by atoms with Crippen molar-refractivity contribution in [2.24, 2.45) is 30.7 Å². The van der Waals surface area contributed by atoms with Gasteiger partial charge in [-0.15, -0.1) is 0 Å². The van der Waals surface area contributed by atoms with Crippen LogP contribution in [0.4, 0.5) is 0 Å². The maximum atomic E-state index is 3.36. The van der Waals surface area contributed by atoms with Crippen LogP contribution in [-0.4, -0.2) is 42.3 Å². The monoisotopic (exact) mass is 506 g/mol. The average Bonchev–Trinajstić information content (AvgIpc) is 2.30. The quantitative estimate of drug-likeness (QED) is 0.357. The Morgan fingerprint density at radius 2 is 0.588 bits per heavy atom. The third-order valence-electron chi connectivity index (χ3n) is 0.600. The first kappa shape index (κ1) is 36.0. The van der Waals surface area contributed by atoms with Crippen LogP contribution in [0.5, 0.6) is 0 Å². The van der Waals surface area contributed by atoms with Crippen LogP contribution < -0.4 is 0 Å². The van der Waals surface area contributed by atoms with Crippen LogP contribution in [0.2, 0.25) is 0 Å². The molecule has 17 heavy (non-hydrogen) atoms. The molecular formula is C9H25N6UV+. The fourth-order valence-electron chi connectivity index (χ4n) is 0. The summed E-state index contributed by atoms with van der Waals surface area (Å²) in [5.74, 6) is 0. The first-order valence-electron chi connectivity index (χ1n) is 4.44. The van der Waals surface area contributed by atoms with Crippen LogP contribution in [0, 0.1) is 37.5 Å². The summed E-state index contributed by atoms with van der Waals surface area (Å²) in [5.41, 5.74) is 0. The van der Waals surface area contributed by atoms with E-state index in [1.54, 1.807) is 42.3 Å². The van der Waals surface area contributed by atoms with Gasteiger partial charge in [-0.1, -0.05) is 0 Å². The van der Waals surface area contributed by atoms with E-state index >= 15 is 0 Å². The zero-order valence-electron chi connectivity index (χ0n) is 12.2. The number of rotatable bonds is 0. The van der Waals surface area contributed by atoms with Gasteiger partial charge in [0, 0.05) is 92.0 Å². The van der Waals surface area contributed by atoms with Crippen molar-refractivity contribution in [2.75, 3.05) is 42.3 Å². The Labute approximate surface area is 142 Å². The molecule has 0 aromatic heterocycles. The van der Waals surface area contributed by atoms with Crippen LogP contribution in [0.25, 0.3) is 0 Å². The molecule has 0 aliphatic rings. The van der Waals surface area contributed by atoms with Crippen molar-refractivity contribution < 1.29 is 49.7 Å². The van der Waals surface area contributed by atoms with E-state index < -0.39 is 0 Å². The molecule has 0 aromatic carbocycles. The summed E-state index contributed by atoms with van der Waals surface area (Å²) in [5, 5.41) is 20.2. The molecule has 99 valence electrons. The van der Waals surface area contributed by atoms with E-state index in [0.717, 1.165) is 0 Å². The summed E-state index contributed by atoms with van der Waals surface area (Å²) in [4.78, 5) is 0. The summed E-state index contributed by atoms with van der Waals surface area (Å²) in [6.07, 6.45) is 2.00. The predicted octanol–water partition coefficient (Wildman–Crippen LogP) is 3.32. The number of hydrogen-bond acceptors (Lipinski definition) is 6. The summed E-state index contributed by atoms with van der Waals surface area (Å²) in [6.45, 7) is 4.00. The van der Waals surface area contributed by atoms with E-state index in [4.69, 9.17) is 0 Å². The van der Waals surface area contributed by atoms with Gasteiger partial charge in [0.15, 0.2) is 0 Å². The maximum absolute atomic E-state index is 3.36. The van der Waals surface area contributed by atoms with Crippen molar-refractivity contribution in [3.8, 4) is 0 Å². The van der Waals surface area contributed by atoms with Crippen molar-refractivity contribution in [3.63, 3.8) is 0 Å². The first-order valence-corrected chi connectivity index (χ1v) is 4.44. The van der Waals surface area contributed by atoms with Crippen molar-refractivity contribution in [1.29, 1.82) is 0 Å².